The quantitative estimate of drug-likeness (QED) is 0.299. The molecule has 3 aromatic heterocycles. The minimum absolute atomic E-state index is 0.816. The first kappa shape index (κ1) is 19.1. The fraction of sp³-hybridized carbons (Fsp3) is 0.0385. The van der Waals surface area contributed by atoms with Gasteiger partial charge >= 0.3 is 0 Å². The van der Waals surface area contributed by atoms with E-state index < -0.39 is 0 Å². The van der Waals surface area contributed by atoms with E-state index in [0.29, 0.717) is 0 Å². The molecule has 1 N–H and O–H groups in total. The van der Waals surface area contributed by atoms with Crippen LogP contribution in [-0.2, 0) is 0 Å². The zero-order chi connectivity index (χ0) is 21.5. The molecule has 0 spiro atoms. The van der Waals surface area contributed by atoms with Crippen LogP contribution in [0.4, 0.5) is 11.5 Å². The third kappa shape index (κ3) is 3.53. The number of fused-ring (bicyclic) bond motifs is 2. The second-order valence-corrected chi connectivity index (χ2v) is 9.67. The van der Waals surface area contributed by atoms with E-state index in [2.05, 4.69) is 95.0 Å². The summed E-state index contributed by atoms with van der Waals surface area (Å²) < 4.78 is 1.22. The van der Waals surface area contributed by atoms with E-state index >= 15 is 0 Å². The van der Waals surface area contributed by atoms with Gasteiger partial charge < -0.3 is 5.32 Å². The van der Waals surface area contributed by atoms with Gasteiger partial charge in [0.15, 0.2) is 0 Å². The Kier molecular flexibility index (Phi) is 4.67. The van der Waals surface area contributed by atoms with Crippen molar-refractivity contribution in [3.63, 3.8) is 0 Å². The molecule has 0 radical (unpaired) electrons. The number of hydrogen-bond acceptors (Lipinski definition) is 6. The molecule has 32 heavy (non-hydrogen) atoms. The molecule has 0 saturated heterocycles. The summed E-state index contributed by atoms with van der Waals surface area (Å²) in [6.45, 7) is 2.11. The van der Waals surface area contributed by atoms with Crippen LogP contribution in [0.25, 0.3) is 41.4 Å². The lowest BCUT2D eigenvalue weighted by Gasteiger charge is -2.07. The molecule has 0 amide bonds. The van der Waals surface area contributed by atoms with Gasteiger partial charge in [-0.25, -0.2) is 15.0 Å². The minimum Gasteiger partial charge on any atom is -0.340 e. The number of nitrogens with zero attached hydrogens (tertiary/aromatic N) is 3. The summed E-state index contributed by atoms with van der Waals surface area (Å²) in [5.41, 5.74) is 5.60. The van der Waals surface area contributed by atoms with Gasteiger partial charge in [-0.3, -0.25) is 0 Å². The van der Waals surface area contributed by atoms with E-state index in [4.69, 9.17) is 4.98 Å². The van der Waals surface area contributed by atoms with Crippen LogP contribution in [0.2, 0.25) is 0 Å². The Morgan fingerprint density at radius 1 is 0.781 bits per heavy atom. The molecule has 0 saturated carbocycles. The predicted molar refractivity (Wildman–Crippen MR) is 136 cm³/mol. The lowest BCUT2D eigenvalue weighted by Crippen LogP contribution is -1.94. The van der Waals surface area contributed by atoms with Gasteiger partial charge in [0.05, 0.1) is 15.6 Å². The Bertz CT molecular complexity index is 1550. The first-order valence-electron chi connectivity index (χ1n) is 10.3. The molecule has 6 heteroatoms. The maximum atomic E-state index is 4.79. The number of nitrogens with one attached hydrogen (secondary N) is 1. The number of rotatable bonds is 4. The van der Waals surface area contributed by atoms with Crippen molar-refractivity contribution in [1.82, 2.24) is 15.0 Å². The summed E-state index contributed by atoms with van der Waals surface area (Å²) in [6, 6.07) is 27.3. The van der Waals surface area contributed by atoms with Crippen molar-refractivity contribution in [3.8, 4) is 21.0 Å². The first-order chi connectivity index (χ1) is 15.7. The van der Waals surface area contributed by atoms with Crippen molar-refractivity contribution in [2.24, 2.45) is 0 Å². The fourth-order valence-corrected chi connectivity index (χ4v) is 5.76. The molecule has 0 unspecified atom stereocenters. The Balaban J connectivity index is 1.30. The Morgan fingerprint density at radius 2 is 1.62 bits per heavy atom. The Labute approximate surface area is 193 Å². The molecule has 0 bridgehead atoms. The topological polar surface area (TPSA) is 50.7 Å². The maximum absolute atomic E-state index is 4.79. The van der Waals surface area contributed by atoms with Crippen molar-refractivity contribution in [2.45, 2.75) is 6.92 Å². The molecule has 3 heterocycles. The van der Waals surface area contributed by atoms with Gasteiger partial charge in [-0.15, -0.1) is 22.7 Å². The van der Waals surface area contributed by atoms with Gasteiger partial charge in [0.2, 0.25) is 0 Å². The van der Waals surface area contributed by atoms with Gasteiger partial charge in [-0.05, 0) is 60.5 Å². The Hall–Kier alpha value is -3.61. The molecule has 0 aliphatic rings. The molecule has 0 aliphatic heterocycles. The second-order valence-electron chi connectivity index (χ2n) is 7.61. The molecule has 6 aromatic rings. The lowest BCUT2D eigenvalue weighted by atomic mass is 10.2. The van der Waals surface area contributed by atoms with Gasteiger partial charge in [0.1, 0.15) is 22.0 Å². The summed E-state index contributed by atoms with van der Waals surface area (Å²) in [5, 5.41) is 5.53. The Morgan fingerprint density at radius 3 is 2.47 bits per heavy atom. The van der Waals surface area contributed by atoms with E-state index in [9.17, 15) is 0 Å². The highest BCUT2D eigenvalue weighted by Crippen LogP contribution is 2.36. The van der Waals surface area contributed by atoms with Crippen molar-refractivity contribution in [3.05, 3.63) is 90.8 Å². The average molecular weight is 451 g/mol. The van der Waals surface area contributed by atoms with Crippen molar-refractivity contribution < 1.29 is 0 Å². The molecular weight excluding hydrogens is 432 g/mol. The third-order valence-corrected chi connectivity index (χ3v) is 7.49. The van der Waals surface area contributed by atoms with Crippen LogP contribution in [0.15, 0.2) is 85.2 Å². The van der Waals surface area contributed by atoms with Gasteiger partial charge in [-0.1, -0.05) is 36.4 Å². The molecule has 154 valence electrons. The average Bonchev–Trinajstić information content (AvgIpc) is 3.45. The van der Waals surface area contributed by atoms with Crippen molar-refractivity contribution in [2.75, 3.05) is 5.32 Å². The molecule has 0 atom stereocenters. The smallest absolute Gasteiger partial charge is 0.142 e. The second kappa shape index (κ2) is 7.82. The fourth-order valence-electron chi connectivity index (χ4n) is 3.69. The number of aryl methyl sites for hydroxylation is 1. The zero-order valence-corrected chi connectivity index (χ0v) is 18.9. The van der Waals surface area contributed by atoms with Crippen LogP contribution in [0.5, 0.6) is 0 Å². The number of thiophene rings is 1. The summed E-state index contributed by atoms with van der Waals surface area (Å²) in [5.74, 6) is 0.816. The van der Waals surface area contributed by atoms with Gasteiger partial charge in [-0.2, -0.15) is 0 Å². The van der Waals surface area contributed by atoms with Crippen molar-refractivity contribution in [1.29, 1.82) is 0 Å². The summed E-state index contributed by atoms with van der Waals surface area (Å²) in [7, 11) is 0. The highest BCUT2D eigenvalue weighted by molar-refractivity contribution is 7.22. The van der Waals surface area contributed by atoms with Crippen LogP contribution < -0.4 is 5.32 Å². The summed E-state index contributed by atoms with van der Waals surface area (Å²) >= 11 is 3.41. The van der Waals surface area contributed by atoms with E-state index in [1.165, 1.54) is 20.7 Å². The monoisotopic (exact) mass is 450 g/mol. The SMILES string of the molecule is Cc1ccc2nc(-c3ccc(Nc4ncnc5sc(-c6ccccc6)cc45)cc3)sc2c1. The number of hydrogen-bond donors (Lipinski definition) is 1. The highest BCUT2D eigenvalue weighted by atomic mass is 32.1. The van der Waals surface area contributed by atoms with E-state index in [-0.39, 0.29) is 0 Å². The first-order valence-corrected chi connectivity index (χ1v) is 11.9. The van der Waals surface area contributed by atoms with Crippen LogP contribution in [0.3, 0.4) is 0 Å². The van der Waals surface area contributed by atoms with Crippen LogP contribution in [0.1, 0.15) is 5.56 Å². The number of thiazole rings is 1. The minimum atomic E-state index is 0.816. The van der Waals surface area contributed by atoms with Crippen LogP contribution in [0, 0.1) is 6.92 Å². The number of aromatic nitrogens is 3. The number of anilines is 2. The lowest BCUT2D eigenvalue weighted by molar-refractivity contribution is 1.23. The summed E-state index contributed by atoms with van der Waals surface area (Å²) in [4.78, 5) is 15.9. The largest absolute Gasteiger partial charge is 0.340 e. The highest BCUT2D eigenvalue weighted by Gasteiger charge is 2.11. The normalized spacial score (nSPS) is 11.3. The number of benzene rings is 3. The molecule has 3 aromatic carbocycles. The molecular formula is C26H18N4S2. The molecule has 6 rings (SSSR count). The molecule has 4 nitrogen and oxygen atoms in total. The standard InChI is InChI=1S/C26H18N4S2/c1-16-7-12-21-23(13-16)32-25(30-21)18-8-10-19(11-9-18)29-24-20-14-22(17-5-3-2-4-6-17)31-26(20)28-15-27-24/h2-15H,1H3,(H,27,28,29). The van der Waals surface area contributed by atoms with Crippen molar-refractivity contribution >= 4 is 54.6 Å². The molecule has 0 fully saturated rings. The van der Waals surface area contributed by atoms with Crippen LogP contribution in [-0.4, -0.2) is 15.0 Å². The third-order valence-electron chi connectivity index (χ3n) is 5.33. The van der Waals surface area contributed by atoms with Gasteiger partial charge in [0.25, 0.3) is 0 Å². The van der Waals surface area contributed by atoms with Gasteiger partial charge in [0, 0.05) is 16.1 Å². The maximum Gasteiger partial charge on any atom is 0.142 e. The van der Waals surface area contributed by atoms with Crippen LogP contribution >= 0.6 is 22.7 Å². The molecule has 0 aliphatic carbocycles. The predicted octanol–water partition coefficient (Wildman–Crippen LogP) is 7.69. The zero-order valence-electron chi connectivity index (χ0n) is 17.2. The van der Waals surface area contributed by atoms with E-state index in [1.54, 1.807) is 29.0 Å². The van der Waals surface area contributed by atoms with E-state index in [0.717, 1.165) is 37.8 Å². The summed E-state index contributed by atoms with van der Waals surface area (Å²) in [6.07, 6.45) is 1.62. The van der Waals surface area contributed by atoms with E-state index in [1.807, 2.05) is 6.07 Å².